The van der Waals surface area contributed by atoms with Gasteiger partial charge in [0.1, 0.15) is 18.4 Å². The predicted molar refractivity (Wildman–Crippen MR) is 98.9 cm³/mol. The van der Waals surface area contributed by atoms with Gasteiger partial charge in [-0.1, -0.05) is 44.7 Å². The Hall–Kier alpha value is -1.91. The fraction of sp³-hybridized carbons (Fsp3) is 0.619. The van der Waals surface area contributed by atoms with Gasteiger partial charge in [0.15, 0.2) is 0 Å². The lowest BCUT2D eigenvalue weighted by molar-refractivity contribution is -0.161. The minimum atomic E-state index is -0.643. The number of carbonyl (C=O) groups excluding carboxylic acids is 2. The normalized spacial score (nSPS) is 23.9. The molecular weight excluding hydrogens is 331 g/mol. The maximum Gasteiger partial charge on any atom is 0.250 e. The first kappa shape index (κ1) is 18.9. The van der Waals surface area contributed by atoms with Crippen LogP contribution in [0.15, 0.2) is 24.3 Å². The number of carbonyl (C=O) groups is 2. The van der Waals surface area contributed by atoms with Crippen LogP contribution in [0.4, 0.5) is 4.39 Å². The van der Waals surface area contributed by atoms with E-state index in [1.807, 2.05) is 13.8 Å². The maximum absolute atomic E-state index is 13.4. The lowest BCUT2D eigenvalue weighted by atomic mass is 9.95. The van der Waals surface area contributed by atoms with E-state index in [9.17, 15) is 14.0 Å². The molecule has 0 spiro atoms. The van der Waals surface area contributed by atoms with Gasteiger partial charge in [-0.25, -0.2) is 4.39 Å². The predicted octanol–water partition coefficient (Wildman–Crippen LogP) is 4.06. The quantitative estimate of drug-likeness (QED) is 0.760. The van der Waals surface area contributed by atoms with E-state index in [0.29, 0.717) is 5.56 Å². The van der Waals surface area contributed by atoms with Gasteiger partial charge < -0.3 is 9.80 Å². The Morgan fingerprint density at radius 2 is 1.69 bits per heavy atom. The van der Waals surface area contributed by atoms with Crippen molar-refractivity contribution >= 4 is 11.8 Å². The zero-order valence-corrected chi connectivity index (χ0v) is 15.8. The summed E-state index contributed by atoms with van der Waals surface area (Å²) in [5.74, 6) is -0.347. The van der Waals surface area contributed by atoms with Crippen LogP contribution in [-0.2, 0) is 9.59 Å². The molecule has 26 heavy (non-hydrogen) atoms. The number of hydrogen-bond donors (Lipinski definition) is 0. The second-order valence-electron chi connectivity index (χ2n) is 7.62. The summed E-state index contributed by atoms with van der Waals surface area (Å²) in [6, 6.07) is 5.48. The van der Waals surface area contributed by atoms with Crippen molar-refractivity contribution in [3.8, 4) is 0 Å². The van der Waals surface area contributed by atoms with Crippen LogP contribution >= 0.6 is 0 Å². The first-order valence-electron chi connectivity index (χ1n) is 9.90. The van der Waals surface area contributed by atoms with Crippen LogP contribution in [-0.4, -0.2) is 40.2 Å². The van der Waals surface area contributed by atoms with Crippen molar-refractivity contribution in [3.63, 3.8) is 0 Å². The summed E-state index contributed by atoms with van der Waals surface area (Å²) < 4.78 is 13.4. The molecule has 2 aliphatic rings. The summed E-state index contributed by atoms with van der Waals surface area (Å²) in [6.45, 7) is 4.16. The van der Waals surface area contributed by atoms with E-state index in [1.165, 1.54) is 25.0 Å². The van der Waals surface area contributed by atoms with Crippen LogP contribution in [0.25, 0.3) is 0 Å². The minimum Gasteiger partial charge on any atom is -0.328 e. The molecule has 1 aromatic rings. The fourth-order valence-corrected chi connectivity index (χ4v) is 4.25. The third kappa shape index (κ3) is 3.76. The number of benzene rings is 1. The largest absolute Gasteiger partial charge is 0.328 e. The summed E-state index contributed by atoms with van der Waals surface area (Å²) in [6.07, 6.45) is 7.34. The highest BCUT2D eigenvalue weighted by molar-refractivity contribution is 5.96. The minimum absolute atomic E-state index is 0.00229. The van der Waals surface area contributed by atoms with Gasteiger partial charge in [0, 0.05) is 12.1 Å². The summed E-state index contributed by atoms with van der Waals surface area (Å²) in [5, 5.41) is 0. The molecule has 1 heterocycles. The summed E-state index contributed by atoms with van der Waals surface area (Å²) >= 11 is 0. The Labute approximate surface area is 155 Å². The monoisotopic (exact) mass is 360 g/mol. The van der Waals surface area contributed by atoms with Crippen molar-refractivity contribution in [2.45, 2.75) is 76.9 Å². The molecule has 3 rings (SSSR count). The van der Waals surface area contributed by atoms with Crippen molar-refractivity contribution in [1.29, 1.82) is 0 Å². The van der Waals surface area contributed by atoms with Gasteiger partial charge in [-0.3, -0.25) is 9.59 Å². The molecule has 1 saturated carbocycles. The van der Waals surface area contributed by atoms with E-state index < -0.39 is 6.04 Å². The van der Waals surface area contributed by atoms with Crippen LogP contribution in [0, 0.1) is 5.82 Å². The molecule has 1 aliphatic carbocycles. The van der Waals surface area contributed by atoms with Crippen LogP contribution in [0.5, 0.6) is 0 Å². The number of amides is 2. The van der Waals surface area contributed by atoms with E-state index in [2.05, 4.69) is 0 Å². The Balaban J connectivity index is 1.94. The molecule has 5 heteroatoms. The third-order valence-electron chi connectivity index (χ3n) is 5.91. The lowest BCUT2D eigenvalue weighted by Gasteiger charge is -2.45. The average Bonchev–Trinajstić information content (AvgIpc) is 2.92. The SMILES string of the molecule is CC[C@H](C)N1C(=O)CN(C2CCCCCC2)C(=O)[C@@H]1c1ccc(F)cc1. The van der Waals surface area contributed by atoms with E-state index in [-0.39, 0.29) is 36.3 Å². The fourth-order valence-electron chi connectivity index (χ4n) is 4.25. The molecule has 1 saturated heterocycles. The van der Waals surface area contributed by atoms with Crippen LogP contribution in [0.1, 0.15) is 70.4 Å². The van der Waals surface area contributed by atoms with Crippen molar-refractivity contribution in [2.24, 2.45) is 0 Å². The first-order valence-corrected chi connectivity index (χ1v) is 9.90. The van der Waals surface area contributed by atoms with E-state index in [0.717, 1.165) is 32.1 Å². The zero-order chi connectivity index (χ0) is 18.7. The van der Waals surface area contributed by atoms with Crippen LogP contribution < -0.4 is 0 Å². The standard InChI is InChI=1S/C21H29FN2O2/c1-3-15(2)24-19(25)14-23(18-8-6-4-5-7-9-18)21(26)20(24)16-10-12-17(22)13-11-16/h10-13,15,18,20H,3-9,14H2,1-2H3/t15-,20-/m0/s1. The second kappa shape index (κ2) is 8.19. The molecule has 2 atom stereocenters. The Bertz CT molecular complexity index is 638. The van der Waals surface area contributed by atoms with Gasteiger partial charge in [-0.2, -0.15) is 0 Å². The number of halogens is 1. The van der Waals surface area contributed by atoms with Crippen LogP contribution in [0.3, 0.4) is 0 Å². The number of rotatable bonds is 4. The zero-order valence-electron chi connectivity index (χ0n) is 15.8. The first-order chi connectivity index (χ1) is 12.5. The number of hydrogen-bond acceptors (Lipinski definition) is 2. The highest BCUT2D eigenvalue weighted by Crippen LogP contribution is 2.33. The topological polar surface area (TPSA) is 40.6 Å². The Kier molecular flexibility index (Phi) is 5.94. The molecule has 0 unspecified atom stereocenters. The molecule has 0 N–H and O–H groups in total. The average molecular weight is 360 g/mol. The molecule has 0 aromatic heterocycles. The molecule has 0 bridgehead atoms. The van der Waals surface area contributed by atoms with Crippen molar-refractivity contribution < 1.29 is 14.0 Å². The van der Waals surface area contributed by atoms with Gasteiger partial charge in [-0.05, 0) is 43.9 Å². The summed E-state index contributed by atoms with van der Waals surface area (Å²) in [5.41, 5.74) is 0.698. The highest BCUT2D eigenvalue weighted by Gasteiger charge is 2.44. The highest BCUT2D eigenvalue weighted by atomic mass is 19.1. The van der Waals surface area contributed by atoms with E-state index in [1.54, 1.807) is 21.9 Å². The van der Waals surface area contributed by atoms with Crippen LogP contribution in [0.2, 0.25) is 0 Å². The number of nitrogens with zero attached hydrogens (tertiary/aromatic N) is 2. The molecule has 0 radical (unpaired) electrons. The summed E-state index contributed by atoms with van der Waals surface area (Å²) in [7, 11) is 0. The van der Waals surface area contributed by atoms with Crippen molar-refractivity contribution in [1.82, 2.24) is 9.80 Å². The molecule has 4 nitrogen and oxygen atoms in total. The molecule has 1 aromatic carbocycles. The van der Waals surface area contributed by atoms with Gasteiger partial charge in [0.25, 0.3) is 5.91 Å². The van der Waals surface area contributed by atoms with Gasteiger partial charge in [-0.15, -0.1) is 0 Å². The molecular formula is C21H29FN2O2. The van der Waals surface area contributed by atoms with E-state index in [4.69, 9.17) is 0 Å². The molecule has 2 fully saturated rings. The van der Waals surface area contributed by atoms with E-state index >= 15 is 0 Å². The second-order valence-corrected chi connectivity index (χ2v) is 7.62. The molecule has 142 valence electrons. The molecule has 1 aliphatic heterocycles. The maximum atomic E-state index is 13.4. The number of piperazine rings is 1. The Morgan fingerprint density at radius 3 is 2.27 bits per heavy atom. The van der Waals surface area contributed by atoms with Gasteiger partial charge in [0.2, 0.25) is 5.91 Å². The third-order valence-corrected chi connectivity index (χ3v) is 5.91. The van der Waals surface area contributed by atoms with Crippen molar-refractivity contribution in [2.75, 3.05) is 6.54 Å². The summed E-state index contributed by atoms with van der Waals surface area (Å²) in [4.78, 5) is 29.9. The molecule has 2 amide bonds. The van der Waals surface area contributed by atoms with Gasteiger partial charge in [0.05, 0.1) is 0 Å². The smallest absolute Gasteiger partial charge is 0.250 e. The van der Waals surface area contributed by atoms with Crippen molar-refractivity contribution in [3.05, 3.63) is 35.6 Å². The lowest BCUT2D eigenvalue weighted by Crippen LogP contribution is -2.60. The van der Waals surface area contributed by atoms with Gasteiger partial charge >= 0.3 is 0 Å². The Morgan fingerprint density at radius 1 is 1.08 bits per heavy atom.